The van der Waals surface area contributed by atoms with Crippen LogP contribution in [0, 0.1) is 0 Å². The number of benzene rings is 2. The smallest absolute Gasteiger partial charge is 0.253 e. The SMILES string of the molecule is COc1ccccc1CN(C)C(=O)c1ccc(-c2cnco2)cc1. The van der Waals surface area contributed by atoms with Crippen molar-refractivity contribution in [3.63, 3.8) is 0 Å². The molecule has 2 aromatic carbocycles. The van der Waals surface area contributed by atoms with Gasteiger partial charge >= 0.3 is 0 Å². The Kier molecular flexibility index (Phi) is 4.61. The number of nitrogens with zero attached hydrogens (tertiary/aromatic N) is 2. The minimum absolute atomic E-state index is 0.0509. The number of carbonyl (C=O) groups is 1. The number of hydrogen-bond donors (Lipinski definition) is 0. The molecule has 0 spiro atoms. The molecule has 122 valence electrons. The number of methoxy groups -OCH3 is 1. The lowest BCUT2D eigenvalue weighted by molar-refractivity contribution is 0.0784. The molecule has 24 heavy (non-hydrogen) atoms. The lowest BCUT2D eigenvalue weighted by Gasteiger charge is -2.19. The summed E-state index contributed by atoms with van der Waals surface area (Å²) < 4.78 is 10.6. The number of carbonyl (C=O) groups excluding carboxylic acids is 1. The van der Waals surface area contributed by atoms with Gasteiger partial charge < -0.3 is 14.1 Å². The molecule has 3 rings (SSSR count). The number of amides is 1. The topological polar surface area (TPSA) is 55.6 Å². The summed E-state index contributed by atoms with van der Waals surface area (Å²) in [4.78, 5) is 18.2. The quantitative estimate of drug-likeness (QED) is 0.720. The van der Waals surface area contributed by atoms with E-state index in [-0.39, 0.29) is 5.91 Å². The van der Waals surface area contributed by atoms with Gasteiger partial charge in [0.1, 0.15) is 5.75 Å². The summed E-state index contributed by atoms with van der Waals surface area (Å²) >= 11 is 0. The van der Waals surface area contributed by atoms with Crippen molar-refractivity contribution in [1.29, 1.82) is 0 Å². The monoisotopic (exact) mass is 322 g/mol. The number of oxazole rings is 1. The van der Waals surface area contributed by atoms with Crippen molar-refractivity contribution in [2.24, 2.45) is 0 Å². The van der Waals surface area contributed by atoms with Crippen LogP contribution in [0.15, 0.2) is 65.5 Å². The standard InChI is InChI=1S/C19H18N2O3/c1-21(12-16-5-3-4-6-17(16)23-2)19(22)15-9-7-14(8-10-15)18-11-20-13-24-18/h3-11,13H,12H2,1-2H3. The normalized spacial score (nSPS) is 10.4. The predicted molar refractivity (Wildman–Crippen MR) is 90.7 cm³/mol. The third-order valence-corrected chi connectivity index (χ3v) is 3.80. The molecule has 1 heterocycles. The first-order valence-corrected chi connectivity index (χ1v) is 7.55. The Bertz CT molecular complexity index is 811. The van der Waals surface area contributed by atoms with E-state index in [4.69, 9.17) is 9.15 Å². The molecule has 0 aliphatic heterocycles. The molecule has 3 aromatic rings. The number of aromatic nitrogens is 1. The van der Waals surface area contributed by atoms with Gasteiger partial charge in [-0.3, -0.25) is 4.79 Å². The van der Waals surface area contributed by atoms with Gasteiger partial charge in [-0.2, -0.15) is 0 Å². The second kappa shape index (κ2) is 7.00. The summed E-state index contributed by atoms with van der Waals surface area (Å²) in [5, 5.41) is 0. The second-order valence-corrected chi connectivity index (χ2v) is 5.42. The maximum atomic E-state index is 12.6. The molecular formula is C19H18N2O3. The van der Waals surface area contributed by atoms with E-state index < -0.39 is 0 Å². The number of para-hydroxylation sites is 1. The van der Waals surface area contributed by atoms with Gasteiger partial charge in [0, 0.05) is 30.3 Å². The Labute approximate surface area is 140 Å². The molecule has 0 bridgehead atoms. The van der Waals surface area contributed by atoms with Crippen LogP contribution >= 0.6 is 0 Å². The second-order valence-electron chi connectivity index (χ2n) is 5.42. The first-order valence-electron chi connectivity index (χ1n) is 7.55. The molecular weight excluding hydrogens is 304 g/mol. The van der Waals surface area contributed by atoms with Gasteiger partial charge in [-0.05, 0) is 18.2 Å². The van der Waals surface area contributed by atoms with E-state index in [1.165, 1.54) is 6.39 Å². The summed E-state index contributed by atoms with van der Waals surface area (Å²) in [6.07, 6.45) is 3.03. The van der Waals surface area contributed by atoms with Gasteiger partial charge in [0.15, 0.2) is 12.2 Å². The fourth-order valence-corrected chi connectivity index (χ4v) is 2.52. The number of hydrogen-bond acceptors (Lipinski definition) is 4. The highest BCUT2D eigenvalue weighted by molar-refractivity contribution is 5.94. The van der Waals surface area contributed by atoms with Crippen molar-refractivity contribution in [3.8, 4) is 17.1 Å². The van der Waals surface area contributed by atoms with Crippen LogP contribution in [-0.2, 0) is 6.54 Å². The summed E-state index contributed by atoms with van der Waals surface area (Å²) in [6.45, 7) is 0.479. The van der Waals surface area contributed by atoms with Crippen LogP contribution in [0.1, 0.15) is 15.9 Å². The van der Waals surface area contributed by atoms with Crippen LogP contribution in [0.3, 0.4) is 0 Å². The van der Waals surface area contributed by atoms with Crippen LogP contribution in [0.25, 0.3) is 11.3 Å². The van der Waals surface area contributed by atoms with Gasteiger partial charge in [0.2, 0.25) is 0 Å². The van der Waals surface area contributed by atoms with Gasteiger partial charge in [-0.15, -0.1) is 0 Å². The highest BCUT2D eigenvalue weighted by Crippen LogP contribution is 2.21. The number of ether oxygens (including phenoxy) is 1. The fraction of sp³-hybridized carbons (Fsp3) is 0.158. The first-order chi connectivity index (χ1) is 11.7. The molecule has 5 nitrogen and oxygen atoms in total. The Balaban J connectivity index is 1.73. The Morgan fingerprint density at radius 2 is 1.92 bits per heavy atom. The lowest BCUT2D eigenvalue weighted by atomic mass is 10.1. The molecule has 0 aliphatic carbocycles. The van der Waals surface area contributed by atoms with Crippen LogP contribution in [-0.4, -0.2) is 29.9 Å². The third kappa shape index (κ3) is 3.30. The van der Waals surface area contributed by atoms with Gasteiger partial charge in [0.05, 0.1) is 13.3 Å². The average molecular weight is 322 g/mol. The molecule has 0 radical (unpaired) electrons. The van der Waals surface area contributed by atoms with Crippen LogP contribution in [0.5, 0.6) is 5.75 Å². The van der Waals surface area contributed by atoms with Crippen molar-refractivity contribution >= 4 is 5.91 Å². The Morgan fingerprint density at radius 1 is 1.17 bits per heavy atom. The molecule has 0 fully saturated rings. The summed E-state index contributed by atoms with van der Waals surface area (Å²) in [5.41, 5.74) is 2.47. The van der Waals surface area contributed by atoms with Gasteiger partial charge in [-0.25, -0.2) is 4.98 Å². The summed E-state index contributed by atoms with van der Waals surface area (Å²) in [6, 6.07) is 15.0. The van der Waals surface area contributed by atoms with E-state index in [0.29, 0.717) is 17.9 Å². The largest absolute Gasteiger partial charge is 0.496 e. The van der Waals surface area contributed by atoms with E-state index in [1.54, 1.807) is 37.4 Å². The minimum Gasteiger partial charge on any atom is -0.496 e. The van der Waals surface area contributed by atoms with Crippen molar-refractivity contribution < 1.29 is 13.9 Å². The highest BCUT2D eigenvalue weighted by Gasteiger charge is 2.14. The summed E-state index contributed by atoms with van der Waals surface area (Å²) in [7, 11) is 3.40. The lowest BCUT2D eigenvalue weighted by Crippen LogP contribution is -2.26. The third-order valence-electron chi connectivity index (χ3n) is 3.80. The van der Waals surface area contributed by atoms with Crippen molar-refractivity contribution in [2.45, 2.75) is 6.54 Å². The van der Waals surface area contributed by atoms with Crippen molar-refractivity contribution in [2.75, 3.05) is 14.2 Å². The molecule has 1 aromatic heterocycles. The molecule has 0 atom stereocenters. The maximum Gasteiger partial charge on any atom is 0.253 e. The van der Waals surface area contributed by atoms with Crippen LogP contribution in [0.2, 0.25) is 0 Å². The van der Waals surface area contributed by atoms with Crippen molar-refractivity contribution in [3.05, 3.63) is 72.2 Å². The van der Waals surface area contributed by atoms with E-state index in [2.05, 4.69) is 4.98 Å². The first kappa shape index (κ1) is 15.8. The summed E-state index contributed by atoms with van der Waals surface area (Å²) in [5.74, 6) is 1.40. The van der Waals surface area contributed by atoms with Crippen molar-refractivity contribution in [1.82, 2.24) is 9.88 Å². The highest BCUT2D eigenvalue weighted by atomic mass is 16.5. The molecule has 0 N–H and O–H groups in total. The zero-order valence-corrected chi connectivity index (χ0v) is 13.6. The van der Waals surface area contributed by atoms with Gasteiger partial charge in [0.25, 0.3) is 5.91 Å². The van der Waals surface area contributed by atoms with E-state index in [1.807, 2.05) is 36.4 Å². The molecule has 0 unspecified atom stereocenters. The minimum atomic E-state index is -0.0509. The average Bonchev–Trinajstić information content (AvgIpc) is 3.16. The van der Waals surface area contributed by atoms with E-state index >= 15 is 0 Å². The fourth-order valence-electron chi connectivity index (χ4n) is 2.52. The van der Waals surface area contributed by atoms with E-state index in [0.717, 1.165) is 16.9 Å². The maximum absolute atomic E-state index is 12.6. The molecule has 1 amide bonds. The molecule has 0 saturated heterocycles. The number of rotatable bonds is 5. The van der Waals surface area contributed by atoms with Gasteiger partial charge in [-0.1, -0.05) is 30.3 Å². The zero-order valence-electron chi connectivity index (χ0n) is 13.6. The predicted octanol–water partition coefficient (Wildman–Crippen LogP) is 3.62. The molecule has 0 aliphatic rings. The molecule has 5 heteroatoms. The van der Waals surface area contributed by atoms with Crippen LogP contribution in [0.4, 0.5) is 0 Å². The Hall–Kier alpha value is -3.08. The van der Waals surface area contributed by atoms with Crippen LogP contribution < -0.4 is 4.74 Å². The molecule has 0 saturated carbocycles. The van der Waals surface area contributed by atoms with E-state index in [9.17, 15) is 4.79 Å². The zero-order chi connectivity index (χ0) is 16.9. The Morgan fingerprint density at radius 3 is 2.58 bits per heavy atom.